The van der Waals surface area contributed by atoms with Crippen molar-refractivity contribution in [2.45, 2.75) is 32.4 Å². The van der Waals surface area contributed by atoms with Crippen molar-refractivity contribution in [2.24, 2.45) is 7.05 Å². The van der Waals surface area contributed by atoms with E-state index in [1.54, 1.807) is 18.8 Å². The number of likely N-dealkylation sites (N-methyl/N-ethyl adjacent to an activating group) is 1. The highest BCUT2D eigenvalue weighted by atomic mass is 16.3. The third-order valence-electron chi connectivity index (χ3n) is 3.35. The molecule has 0 saturated carbocycles. The number of carbonyl (C=O) groups excluding carboxylic acids is 1. The van der Waals surface area contributed by atoms with E-state index in [0.717, 1.165) is 5.69 Å². The number of β-amino-alcohol motifs (C(OH)–C–C–N with tert-alkyl or cyclic N) is 1. The second-order valence-corrected chi connectivity index (χ2v) is 6.05. The Balaban J connectivity index is 2.60. The summed E-state index contributed by atoms with van der Waals surface area (Å²) in [6, 6.07) is 1.76. The summed E-state index contributed by atoms with van der Waals surface area (Å²) in [5, 5.41) is 23.7. The van der Waals surface area contributed by atoms with Gasteiger partial charge in [0.1, 0.15) is 11.6 Å². The van der Waals surface area contributed by atoms with E-state index >= 15 is 0 Å². The minimum atomic E-state index is -0.984. The lowest BCUT2D eigenvalue weighted by molar-refractivity contribution is 0.183. The van der Waals surface area contributed by atoms with Crippen LogP contribution in [0.4, 0.5) is 10.6 Å². The van der Waals surface area contributed by atoms with E-state index in [-0.39, 0.29) is 23.8 Å². The Bertz CT molecular complexity index is 593. The summed E-state index contributed by atoms with van der Waals surface area (Å²) in [6.45, 7) is 6.13. The third kappa shape index (κ3) is 2.02. The number of urea groups is 1. The first-order valence-electron chi connectivity index (χ1n) is 6.38. The Kier molecular flexibility index (Phi) is 3.22. The van der Waals surface area contributed by atoms with Crippen LogP contribution in [-0.2, 0) is 12.5 Å². The highest BCUT2D eigenvalue weighted by Crippen LogP contribution is 2.33. The lowest BCUT2D eigenvalue weighted by Gasteiger charge is -2.19. The number of aliphatic hydroxyl groups is 1. The molecule has 7 heteroatoms. The van der Waals surface area contributed by atoms with Crippen LogP contribution in [0.5, 0.6) is 0 Å². The minimum Gasteiger partial charge on any atom is -0.371 e. The van der Waals surface area contributed by atoms with Gasteiger partial charge in [0.05, 0.1) is 12.2 Å². The number of aromatic nitrogens is 2. The molecule has 7 nitrogen and oxygen atoms in total. The van der Waals surface area contributed by atoms with Gasteiger partial charge in [0, 0.05) is 19.5 Å². The molecule has 20 heavy (non-hydrogen) atoms. The number of amides is 2. The maximum absolute atomic E-state index is 12.1. The van der Waals surface area contributed by atoms with Crippen LogP contribution in [0.3, 0.4) is 0 Å². The SMILES string of the molecule is CN1CC(O)N(c2nn(C)c(C(C)(C)C)c2C#N)C1=O. The first-order valence-corrected chi connectivity index (χ1v) is 6.38. The Morgan fingerprint density at radius 1 is 1.40 bits per heavy atom. The summed E-state index contributed by atoms with van der Waals surface area (Å²) in [4.78, 5) is 14.7. The van der Waals surface area contributed by atoms with Crippen molar-refractivity contribution < 1.29 is 9.90 Å². The van der Waals surface area contributed by atoms with Crippen LogP contribution in [0.2, 0.25) is 0 Å². The molecule has 0 bridgehead atoms. The van der Waals surface area contributed by atoms with Crippen LogP contribution < -0.4 is 4.90 Å². The number of aryl methyl sites for hydroxylation is 1. The Morgan fingerprint density at radius 2 is 2.00 bits per heavy atom. The first kappa shape index (κ1) is 14.3. The molecule has 1 aliphatic heterocycles. The molecule has 0 aliphatic carbocycles. The molecule has 1 aromatic rings. The van der Waals surface area contributed by atoms with Crippen molar-refractivity contribution in [1.29, 1.82) is 5.26 Å². The Hall–Kier alpha value is -2.07. The molecule has 1 aliphatic rings. The molecule has 2 heterocycles. The fourth-order valence-electron chi connectivity index (χ4n) is 2.59. The van der Waals surface area contributed by atoms with Crippen LogP contribution in [0.25, 0.3) is 0 Å². The third-order valence-corrected chi connectivity index (χ3v) is 3.35. The van der Waals surface area contributed by atoms with Crippen molar-refractivity contribution >= 4 is 11.8 Å². The summed E-state index contributed by atoms with van der Waals surface area (Å²) in [6.07, 6.45) is -0.984. The number of carbonyl (C=O) groups is 1. The number of aliphatic hydroxyl groups excluding tert-OH is 1. The van der Waals surface area contributed by atoms with Gasteiger partial charge in [-0.2, -0.15) is 10.4 Å². The van der Waals surface area contributed by atoms with Crippen molar-refractivity contribution in [3.05, 3.63) is 11.3 Å². The van der Waals surface area contributed by atoms with Gasteiger partial charge in [-0.3, -0.25) is 4.68 Å². The lowest BCUT2D eigenvalue weighted by atomic mass is 9.89. The van der Waals surface area contributed by atoms with E-state index in [1.165, 1.54) is 9.80 Å². The van der Waals surface area contributed by atoms with Crippen molar-refractivity contribution in [2.75, 3.05) is 18.5 Å². The monoisotopic (exact) mass is 277 g/mol. The molecular weight excluding hydrogens is 258 g/mol. The van der Waals surface area contributed by atoms with Crippen molar-refractivity contribution in [1.82, 2.24) is 14.7 Å². The molecule has 2 amide bonds. The minimum absolute atomic E-state index is 0.200. The highest BCUT2D eigenvalue weighted by molar-refractivity contribution is 5.94. The van der Waals surface area contributed by atoms with Crippen LogP contribution in [0.1, 0.15) is 32.0 Å². The maximum Gasteiger partial charge on any atom is 0.327 e. The fraction of sp³-hybridized carbons (Fsp3) is 0.615. The van der Waals surface area contributed by atoms with E-state index in [2.05, 4.69) is 11.2 Å². The van der Waals surface area contributed by atoms with Gasteiger partial charge in [-0.25, -0.2) is 9.69 Å². The van der Waals surface area contributed by atoms with Gasteiger partial charge < -0.3 is 10.0 Å². The number of hydrogen-bond acceptors (Lipinski definition) is 4. The van der Waals surface area contributed by atoms with Crippen molar-refractivity contribution in [3.8, 4) is 6.07 Å². The average molecular weight is 277 g/mol. The summed E-state index contributed by atoms with van der Waals surface area (Å²) in [7, 11) is 3.34. The van der Waals surface area contributed by atoms with E-state index in [1.807, 2.05) is 20.8 Å². The van der Waals surface area contributed by atoms with Gasteiger partial charge in [-0.15, -0.1) is 0 Å². The second-order valence-electron chi connectivity index (χ2n) is 6.05. The molecule has 0 radical (unpaired) electrons. The predicted octanol–water partition coefficient (Wildman–Crippen LogP) is 0.779. The van der Waals surface area contributed by atoms with Crippen LogP contribution in [-0.4, -0.2) is 45.6 Å². The quantitative estimate of drug-likeness (QED) is 0.822. The van der Waals surface area contributed by atoms with E-state index < -0.39 is 6.23 Å². The summed E-state index contributed by atoms with van der Waals surface area (Å²) >= 11 is 0. The van der Waals surface area contributed by atoms with Gasteiger partial charge in [0.25, 0.3) is 0 Å². The summed E-state index contributed by atoms with van der Waals surface area (Å²) < 4.78 is 1.60. The van der Waals surface area contributed by atoms with Gasteiger partial charge >= 0.3 is 6.03 Å². The summed E-state index contributed by atoms with van der Waals surface area (Å²) in [5.74, 6) is 0.224. The van der Waals surface area contributed by atoms with Gasteiger partial charge in [-0.1, -0.05) is 20.8 Å². The zero-order valence-corrected chi connectivity index (χ0v) is 12.4. The normalized spacial score (nSPS) is 19.6. The predicted molar refractivity (Wildman–Crippen MR) is 73.1 cm³/mol. The molecule has 0 spiro atoms. The Labute approximate surface area is 118 Å². The molecule has 1 aromatic heterocycles. The largest absolute Gasteiger partial charge is 0.371 e. The fourth-order valence-corrected chi connectivity index (χ4v) is 2.59. The van der Waals surface area contributed by atoms with Gasteiger partial charge in [-0.05, 0) is 0 Å². The number of nitrogens with zero attached hydrogens (tertiary/aromatic N) is 5. The van der Waals surface area contributed by atoms with Gasteiger partial charge in [0.2, 0.25) is 0 Å². The number of hydrogen-bond donors (Lipinski definition) is 1. The maximum atomic E-state index is 12.1. The first-order chi connectivity index (χ1) is 9.18. The topological polar surface area (TPSA) is 85.4 Å². The molecule has 108 valence electrons. The molecule has 1 saturated heterocycles. The number of rotatable bonds is 1. The Morgan fingerprint density at radius 3 is 2.40 bits per heavy atom. The number of nitriles is 1. The average Bonchev–Trinajstić information content (AvgIpc) is 2.76. The van der Waals surface area contributed by atoms with Crippen molar-refractivity contribution in [3.63, 3.8) is 0 Å². The number of anilines is 1. The summed E-state index contributed by atoms with van der Waals surface area (Å²) in [5.41, 5.74) is 0.789. The molecule has 1 unspecified atom stereocenters. The molecular formula is C13H19N5O2. The highest BCUT2D eigenvalue weighted by Gasteiger charge is 2.40. The second kappa shape index (κ2) is 4.49. The zero-order valence-electron chi connectivity index (χ0n) is 12.4. The molecule has 1 N–H and O–H groups in total. The lowest BCUT2D eigenvalue weighted by Crippen LogP contribution is -2.35. The van der Waals surface area contributed by atoms with Crippen LogP contribution in [0, 0.1) is 11.3 Å². The standard InChI is InChI=1S/C13H19N5O2/c1-13(2,3)10-8(6-14)11(15-17(10)5)18-9(19)7-16(4)12(18)20/h9,19H,7H2,1-5H3. The van der Waals surface area contributed by atoms with E-state index in [0.29, 0.717) is 5.56 Å². The smallest absolute Gasteiger partial charge is 0.327 e. The molecule has 1 fully saturated rings. The molecule has 1 atom stereocenters. The van der Waals surface area contributed by atoms with E-state index in [4.69, 9.17) is 0 Å². The zero-order chi connectivity index (χ0) is 15.2. The van der Waals surface area contributed by atoms with Crippen LogP contribution in [0.15, 0.2) is 0 Å². The van der Waals surface area contributed by atoms with Crippen LogP contribution >= 0.6 is 0 Å². The van der Waals surface area contributed by atoms with Gasteiger partial charge in [0.15, 0.2) is 12.0 Å². The molecule has 0 aromatic carbocycles. The molecule has 2 rings (SSSR count). The van der Waals surface area contributed by atoms with E-state index in [9.17, 15) is 15.2 Å².